The van der Waals surface area contributed by atoms with E-state index in [1.54, 1.807) is 12.1 Å². The van der Waals surface area contributed by atoms with E-state index >= 15 is 0 Å². The molecule has 2 aromatic rings. The predicted molar refractivity (Wildman–Crippen MR) is 184 cm³/mol. The number of halogens is 3. The largest absolute Gasteiger partial charge is 0.744 e. The third kappa shape index (κ3) is 5.03. The normalized spacial score (nSPS) is 37.8. The summed E-state index contributed by atoms with van der Waals surface area (Å²) >= 11 is 6.65. The Labute approximate surface area is 289 Å². The van der Waals surface area contributed by atoms with Crippen LogP contribution in [0.2, 0.25) is 0 Å². The van der Waals surface area contributed by atoms with Gasteiger partial charge in [0.1, 0.15) is 15.9 Å². The Morgan fingerprint density at radius 3 is 1.52 bits per heavy atom. The summed E-state index contributed by atoms with van der Waals surface area (Å²) in [4.78, 5) is 13.7. The van der Waals surface area contributed by atoms with Crippen LogP contribution in [0.15, 0.2) is 29.2 Å². The minimum atomic E-state index is -4.74. The molecule has 2 aromatic carbocycles. The first-order chi connectivity index (χ1) is 20.0. The van der Waals surface area contributed by atoms with E-state index in [1.807, 2.05) is 12.1 Å². The maximum atomic E-state index is 13.7. The van der Waals surface area contributed by atoms with Crippen molar-refractivity contribution in [1.29, 1.82) is 0 Å². The van der Waals surface area contributed by atoms with Gasteiger partial charge in [-0.25, -0.2) is 13.2 Å². The monoisotopic (exact) mass is 923 g/mol. The second-order valence-electron chi connectivity index (χ2n) is 14.4. The lowest BCUT2D eigenvalue weighted by molar-refractivity contribution is -0.00692. The van der Waals surface area contributed by atoms with Crippen molar-refractivity contribution < 1.29 is 22.5 Å². The highest BCUT2D eigenvalue weighted by molar-refractivity contribution is 14.1. The van der Waals surface area contributed by atoms with E-state index in [1.165, 1.54) is 12.8 Å². The van der Waals surface area contributed by atoms with E-state index in [4.69, 9.17) is 4.74 Å². The number of ether oxygens (including phenoxy) is 1. The lowest BCUT2D eigenvalue weighted by Crippen LogP contribution is -2.45. The summed E-state index contributed by atoms with van der Waals surface area (Å²) in [6, 6.07) is 7.46. The highest BCUT2D eigenvalue weighted by Gasteiger charge is 2.52. The molecular formula is C33H34I3O5S-. The molecule has 8 aliphatic rings. The first-order valence-electron chi connectivity index (χ1n) is 15.5. The molecule has 9 heteroatoms. The van der Waals surface area contributed by atoms with E-state index in [-0.39, 0.29) is 16.7 Å². The standard InChI is InChI=1S/C33H35I3O5S/c34-23-11-27(31(36)28(35)12-23)33(37)41-24-13-25(29-19-3-15-1-16(5-19)6-20(29)4-15)32(42(38,39)40)26(14-24)30-21-7-17-2-18(9-21)10-22(30)8-17/h11-22,29-30H,1-10H2,(H,38,39,40)/p-1. The maximum absolute atomic E-state index is 13.7. The average molecular weight is 923 g/mol. The molecule has 0 spiro atoms. The summed E-state index contributed by atoms with van der Waals surface area (Å²) < 4.78 is 49.0. The summed E-state index contributed by atoms with van der Waals surface area (Å²) in [5.74, 6) is 4.58. The molecule has 0 saturated heterocycles. The zero-order valence-electron chi connectivity index (χ0n) is 23.2. The number of hydrogen-bond acceptors (Lipinski definition) is 5. The molecule has 0 heterocycles. The van der Waals surface area contributed by atoms with Crippen molar-refractivity contribution in [3.05, 3.63) is 51.7 Å². The maximum Gasteiger partial charge on any atom is 0.344 e. The van der Waals surface area contributed by atoms with Gasteiger partial charge >= 0.3 is 5.97 Å². The Morgan fingerprint density at radius 2 is 1.12 bits per heavy atom. The van der Waals surface area contributed by atoms with Crippen molar-refractivity contribution in [3.63, 3.8) is 0 Å². The molecule has 10 rings (SSSR count). The topological polar surface area (TPSA) is 83.5 Å². The van der Waals surface area contributed by atoms with Crippen LogP contribution >= 0.6 is 67.8 Å². The van der Waals surface area contributed by atoms with Crippen molar-refractivity contribution in [2.75, 3.05) is 0 Å². The third-order valence-electron chi connectivity index (χ3n) is 12.0. The van der Waals surface area contributed by atoms with Crippen LogP contribution in [0, 0.1) is 58.1 Å². The second-order valence-corrected chi connectivity index (χ2v) is 19.2. The van der Waals surface area contributed by atoms with Gasteiger partial charge < -0.3 is 9.29 Å². The van der Waals surface area contributed by atoms with Crippen LogP contribution in [0.5, 0.6) is 5.75 Å². The molecule has 0 N–H and O–H groups in total. The fourth-order valence-electron chi connectivity index (χ4n) is 11.2. The number of hydrogen-bond donors (Lipinski definition) is 0. The van der Waals surface area contributed by atoms with Gasteiger partial charge in [-0.2, -0.15) is 0 Å². The molecule has 8 aliphatic carbocycles. The number of esters is 1. The molecule has 0 atom stereocenters. The molecule has 0 amide bonds. The van der Waals surface area contributed by atoms with E-state index in [9.17, 15) is 17.8 Å². The Kier molecular flexibility index (Phi) is 7.56. The van der Waals surface area contributed by atoms with Crippen LogP contribution in [0.4, 0.5) is 0 Å². The van der Waals surface area contributed by atoms with Gasteiger partial charge in [-0.1, -0.05) is 0 Å². The number of carbonyl (C=O) groups is 1. The summed E-state index contributed by atoms with van der Waals surface area (Å²) in [5.41, 5.74) is 1.85. The summed E-state index contributed by atoms with van der Waals surface area (Å²) in [6.07, 6.45) is 11.5. The Bertz CT molecular complexity index is 1470. The van der Waals surface area contributed by atoms with E-state index in [2.05, 4.69) is 67.8 Å². The Hall–Kier alpha value is 0.0100. The lowest BCUT2D eigenvalue weighted by atomic mass is 9.49. The van der Waals surface area contributed by atoms with Crippen molar-refractivity contribution in [3.8, 4) is 5.75 Å². The molecule has 8 saturated carbocycles. The first-order valence-corrected chi connectivity index (χ1v) is 20.2. The molecule has 5 nitrogen and oxygen atoms in total. The van der Waals surface area contributed by atoms with Crippen LogP contribution in [0.1, 0.15) is 97.5 Å². The number of rotatable bonds is 5. The fourth-order valence-corrected chi connectivity index (χ4v) is 14.6. The highest BCUT2D eigenvalue weighted by atomic mass is 127. The van der Waals surface area contributed by atoms with E-state index in [0.717, 1.165) is 85.7 Å². The van der Waals surface area contributed by atoms with Gasteiger partial charge in [-0.05, 0) is 227 Å². The van der Waals surface area contributed by atoms with Crippen molar-refractivity contribution in [2.24, 2.45) is 47.3 Å². The Balaban J connectivity index is 1.28. The van der Waals surface area contributed by atoms with E-state index < -0.39 is 16.1 Å². The smallest absolute Gasteiger partial charge is 0.344 e. The zero-order chi connectivity index (χ0) is 29.1. The fraction of sp³-hybridized carbons (Fsp3) is 0.606. The quantitative estimate of drug-likeness (QED) is 0.0987. The average Bonchev–Trinajstić information content (AvgIpc) is 2.88. The second kappa shape index (κ2) is 10.8. The van der Waals surface area contributed by atoms with Crippen LogP contribution in [0.3, 0.4) is 0 Å². The summed E-state index contributed by atoms with van der Waals surface area (Å²) in [5, 5.41) is 0. The summed E-state index contributed by atoms with van der Waals surface area (Å²) in [7, 11) is -4.74. The van der Waals surface area contributed by atoms with Crippen molar-refractivity contribution in [2.45, 2.75) is 80.9 Å². The molecule has 0 radical (unpaired) electrons. The predicted octanol–water partition coefficient (Wildman–Crippen LogP) is 8.70. The van der Waals surface area contributed by atoms with Gasteiger partial charge in [0.25, 0.3) is 0 Å². The summed E-state index contributed by atoms with van der Waals surface area (Å²) in [6.45, 7) is 0. The first kappa shape index (κ1) is 29.4. The molecular weight excluding hydrogens is 889 g/mol. The molecule has 8 fully saturated rings. The Morgan fingerprint density at radius 1 is 0.690 bits per heavy atom. The lowest BCUT2D eigenvalue weighted by Gasteiger charge is -2.56. The van der Waals surface area contributed by atoms with Crippen LogP contribution < -0.4 is 4.74 Å². The van der Waals surface area contributed by atoms with Gasteiger partial charge in [0, 0.05) is 10.7 Å². The minimum Gasteiger partial charge on any atom is -0.744 e. The third-order valence-corrected chi connectivity index (χ3v) is 16.6. The number of carbonyl (C=O) groups excluding carboxylic acids is 1. The van der Waals surface area contributed by atoms with Crippen LogP contribution in [0.25, 0.3) is 0 Å². The highest BCUT2D eigenvalue weighted by Crippen LogP contribution is 2.63. The van der Waals surface area contributed by atoms with Crippen LogP contribution in [-0.2, 0) is 10.1 Å². The SMILES string of the molecule is O=C(Oc1cc(C2C3CC4CC(C3)CC2C4)c(S(=O)(=O)[O-])c(C2C3CC4CC(C3)CC2C4)c1)c1cc(I)cc(I)c1I. The van der Waals surface area contributed by atoms with Gasteiger partial charge in [-0.15, -0.1) is 0 Å². The van der Waals surface area contributed by atoms with Gasteiger partial charge in [0.05, 0.1) is 10.5 Å². The number of benzene rings is 2. The van der Waals surface area contributed by atoms with Crippen LogP contribution in [-0.4, -0.2) is 18.9 Å². The molecule has 8 bridgehead atoms. The molecule has 0 aliphatic heterocycles. The van der Waals surface area contributed by atoms with Crippen molar-refractivity contribution in [1.82, 2.24) is 0 Å². The van der Waals surface area contributed by atoms with E-state index in [0.29, 0.717) is 46.1 Å². The minimum absolute atomic E-state index is 0.0459. The molecule has 0 unspecified atom stereocenters. The van der Waals surface area contributed by atoms with Gasteiger partial charge in [-0.3, -0.25) is 0 Å². The zero-order valence-corrected chi connectivity index (χ0v) is 30.5. The molecule has 0 aromatic heterocycles. The molecule has 42 heavy (non-hydrogen) atoms. The molecule has 224 valence electrons. The van der Waals surface area contributed by atoms with Gasteiger partial charge in [0.15, 0.2) is 0 Å². The van der Waals surface area contributed by atoms with Crippen molar-refractivity contribution >= 4 is 83.9 Å². The van der Waals surface area contributed by atoms with Gasteiger partial charge in [0.2, 0.25) is 0 Å².